The monoisotopic (exact) mass is 284 g/mol. The molecule has 0 amide bonds. The summed E-state index contributed by atoms with van der Waals surface area (Å²) in [5.41, 5.74) is -0.389. The van der Waals surface area contributed by atoms with E-state index in [4.69, 9.17) is 34.8 Å². The van der Waals surface area contributed by atoms with Gasteiger partial charge in [0.05, 0.1) is 0 Å². The Balaban J connectivity index is 3.06. The van der Waals surface area contributed by atoms with Crippen LogP contribution in [0.3, 0.4) is 0 Å². The molecule has 1 aromatic heterocycles. The van der Waals surface area contributed by atoms with E-state index in [2.05, 4.69) is 15.3 Å². The van der Waals surface area contributed by atoms with Gasteiger partial charge >= 0.3 is 0 Å². The largest absolute Gasteiger partial charge is 0.251 e. The summed E-state index contributed by atoms with van der Waals surface area (Å²) >= 11 is 16.9. The first-order valence-corrected chi connectivity index (χ1v) is 5.60. The predicted molar refractivity (Wildman–Crippen MR) is 63.5 cm³/mol. The first kappa shape index (κ1) is 13.7. The van der Waals surface area contributed by atoms with Crippen molar-refractivity contribution in [1.29, 1.82) is 0 Å². The highest BCUT2D eigenvalue weighted by Crippen LogP contribution is 2.37. The Bertz CT molecular complexity index is 379. The van der Waals surface area contributed by atoms with Crippen LogP contribution in [-0.2, 0) is 3.79 Å². The van der Waals surface area contributed by atoms with Crippen molar-refractivity contribution >= 4 is 34.8 Å². The van der Waals surface area contributed by atoms with Gasteiger partial charge in [-0.1, -0.05) is 55.6 Å². The van der Waals surface area contributed by atoms with E-state index < -0.39 is 9.96 Å². The van der Waals surface area contributed by atoms with Gasteiger partial charge in [-0.25, -0.2) is 9.67 Å². The van der Waals surface area contributed by atoms with Crippen molar-refractivity contribution in [2.75, 3.05) is 0 Å². The summed E-state index contributed by atoms with van der Waals surface area (Å²) in [5, 5.41) is 6.94. The average molecular weight is 286 g/mol. The van der Waals surface area contributed by atoms with Crippen molar-refractivity contribution in [2.45, 2.75) is 30.7 Å². The Morgan fingerprint density at radius 3 is 2.25 bits per heavy atom. The summed E-state index contributed by atoms with van der Waals surface area (Å²) in [7, 11) is 0. The van der Waals surface area contributed by atoms with Gasteiger partial charge in [-0.15, -0.1) is 10.0 Å². The van der Waals surface area contributed by atoms with Gasteiger partial charge in [-0.3, -0.25) is 0 Å². The Labute approximate surface area is 108 Å². The molecule has 0 aliphatic carbocycles. The molecule has 16 heavy (non-hydrogen) atoms. The zero-order valence-electron chi connectivity index (χ0n) is 8.99. The van der Waals surface area contributed by atoms with Crippen molar-refractivity contribution in [3.8, 4) is 0 Å². The first-order valence-electron chi connectivity index (χ1n) is 4.47. The van der Waals surface area contributed by atoms with E-state index in [0.717, 1.165) is 0 Å². The summed E-state index contributed by atoms with van der Waals surface area (Å²) in [5.74, 6) is 0.0235. The van der Waals surface area contributed by atoms with Gasteiger partial charge in [-0.05, 0) is 5.18 Å². The third-order valence-electron chi connectivity index (χ3n) is 1.89. The minimum absolute atomic E-state index is 0.0235. The molecule has 1 aromatic rings. The number of hydrogen-bond donors (Lipinski definition) is 0. The van der Waals surface area contributed by atoms with E-state index in [-0.39, 0.29) is 11.2 Å². The second-order valence-corrected chi connectivity index (χ2v) is 6.67. The van der Waals surface area contributed by atoms with Crippen LogP contribution in [-0.4, -0.2) is 14.8 Å². The van der Waals surface area contributed by atoms with E-state index >= 15 is 0 Å². The molecule has 0 bridgehead atoms. The number of alkyl halides is 3. The molecule has 1 unspecified atom stereocenters. The third kappa shape index (κ3) is 3.06. The van der Waals surface area contributed by atoms with Crippen LogP contribution in [0.4, 0.5) is 0 Å². The molecule has 0 aliphatic heterocycles. The zero-order chi connectivity index (χ0) is 12.6. The summed E-state index contributed by atoms with van der Waals surface area (Å²) in [4.78, 5) is 14.6. The number of hydrogen-bond acceptors (Lipinski definition) is 4. The second kappa shape index (κ2) is 4.47. The molecule has 1 heterocycles. The predicted octanol–water partition coefficient (Wildman–Crippen LogP) is 3.42. The summed E-state index contributed by atoms with van der Waals surface area (Å²) in [6.45, 7) is 5.57. The maximum atomic E-state index is 10.8. The maximum absolute atomic E-state index is 10.8. The highest BCUT2D eigenvalue weighted by Gasteiger charge is 2.32. The quantitative estimate of drug-likeness (QED) is 0.618. The molecule has 0 aliphatic rings. The van der Waals surface area contributed by atoms with Gasteiger partial charge in [0.1, 0.15) is 6.33 Å². The average Bonchev–Trinajstić information content (AvgIpc) is 2.50. The van der Waals surface area contributed by atoms with Crippen molar-refractivity contribution < 1.29 is 0 Å². The molecule has 5 nitrogen and oxygen atoms in total. The molecule has 0 saturated heterocycles. The lowest BCUT2D eigenvalue weighted by molar-refractivity contribution is 0.231. The number of aromatic nitrogens is 3. The van der Waals surface area contributed by atoms with Gasteiger partial charge in [0.25, 0.3) is 3.79 Å². The van der Waals surface area contributed by atoms with Crippen LogP contribution in [0.1, 0.15) is 32.8 Å². The van der Waals surface area contributed by atoms with E-state index in [1.165, 1.54) is 11.0 Å². The van der Waals surface area contributed by atoms with Crippen LogP contribution in [0.15, 0.2) is 11.5 Å². The molecular formula is C8H11Cl3N4O. The minimum atomic E-state index is -1.70. The number of rotatable bonds is 2. The lowest BCUT2D eigenvalue weighted by Gasteiger charge is -2.23. The van der Waals surface area contributed by atoms with Gasteiger partial charge in [0.2, 0.25) is 5.82 Å². The summed E-state index contributed by atoms with van der Waals surface area (Å²) in [6, 6.07) is 0. The van der Waals surface area contributed by atoms with Crippen LogP contribution >= 0.6 is 34.8 Å². The van der Waals surface area contributed by atoms with E-state index in [1.54, 1.807) is 0 Å². The number of nitrogens with zero attached hydrogens (tertiary/aromatic N) is 4. The fourth-order valence-electron chi connectivity index (χ4n) is 1.13. The van der Waals surface area contributed by atoms with E-state index in [1.807, 2.05) is 20.8 Å². The topological polar surface area (TPSA) is 60.1 Å². The fraction of sp³-hybridized carbons (Fsp3) is 0.750. The van der Waals surface area contributed by atoms with Gasteiger partial charge in [-0.2, -0.15) is 0 Å². The van der Waals surface area contributed by atoms with Gasteiger partial charge in [0, 0.05) is 5.41 Å². The van der Waals surface area contributed by atoms with Crippen LogP contribution in [0, 0.1) is 10.3 Å². The standard InChI is InChI=1S/C8H11Cl3N4O/c1-7(2,3)6(14-16)15-4-12-5(13-15)8(9,10)11/h4,6H,1-3H3. The molecule has 1 rings (SSSR count). The SMILES string of the molecule is CC(C)(C)C(N=O)n1cnc(C(Cl)(Cl)Cl)n1. The van der Waals surface area contributed by atoms with Crippen LogP contribution < -0.4 is 0 Å². The highest BCUT2D eigenvalue weighted by molar-refractivity contribution is 6.66. The van der Waals surface area contributed by atoms with Crippen molar-refractivity contribution in [1.82, 2.24) is 14.8 Å². The van der Waals surface area contributed by atoms with Crippen LogP contribution in [0.25, 0.3) is 0 Å². The number of halogens is 3. The smallest absolute Gasteiger partial charge is 0.224 e. The molecular weight excluding hydrogens is 274 g/mol. The van der Waals surface area contributed by atoms with Crippen molar-refractivity contribution in [2.24, 2.45) is 10.6 Å². The lowest BCUT2D eigenvalue weighted by Crippen LogP contribution is -2.23. The zero-order valence-corrected chi connectivity index (χ0v) is 11.3. The van der Waals surface area contributed by atoms with Crippen LogP contribution in [0.2, 0.25) is 0 Å². The second-order valence-electron chi connectivity index (χ2n) is 4.39. The minimum Gasteiger partial charge on any atom is -0.224 e. The first-order chi connectivity index (χ1) is 7.16. The number of nitroso groups, excluding NO2 is 1. The van der Waals surface area contributed by atoms with Gasteiger partial charge in [0.15, 0.2) is 6.17 Å². The lowest BCUT2D eigenvalue weighted by atomic mass is 9.93. The molecule has 0 N–H and O–H groups in total. The maximum Gasteiger partial charge on any atom is 0.251 e. The molecule has 0 fully saturated rings. The van der Waals surface area contributed by atoms with Crippen molar-refractivity contribution in [3.05, 3.63) is 17.1 Å². The fourth-order valence-corrected chi connectivity index (χ4v) is 1.39. The van der Waals surface area contributed by atoms with E-state index in [0.29, 0.717) is 0 Å². The Kier molecular flexibility index (Phi) is 3.82. The third-order valence-corrected chi connectivity index (χ3v) is 2.39. The Hall–Kier alpha value is -0.390. The Morgan fingerprint density at radius 2 is 1.94 bits per heavy atom. The molecule has 1 atom stereocenters. The molecule has 0 spiro atoms. The molecule has 90 valence electrons. The molecule has 8 heteroatoms. The molecule has 0 aromatic carbocycles. The Morgan fingerprint density at radius 1 is 1.38 bits per heavy atom. The van der Waals surface area contributed by atoms with Crippen molar-refractivity contribution in [3.63, 3.8) is 0 Å². The van der Waals surface area contributed by atoms with E-state index in [9.17, 15) is 4.91 Å². The normalized spacial score (nSPS) is 14.9. The van der Waals surface area contributed by atoms with Gasteiger partial charge < -0.3 is 0 Å². The molecule has 0 saturated carbocycles. The molecule has 0 radical (unpaired) electrons. The summed E-state index contributed by atoms with van der Waals surface area (Å²) in [6.07, 6.45) is 0.634. The summed E-state index contributed by atoms with van der Waals surface area (Å²) < 4.78 is -0.402. The van der Waals surface area contributed by atoms with Crippen LogP contribution in [0.5, 0.6) is 0 Å². The highest BCUT2D eigenvalue weighted by atomic mass is 35.6.